The normalized spacial score (nSPS) is 21.3. The summed E-state index contributed by atoms with van der Waals surface area (Å²) in [6.07, 6.45) is 2.32. The van der Waals surface area contributed by atoms with Crippen LogP contribution < -0.4 is 11.1 Å². The smallest absolute Gasteiger partial charge is 0.0667 e. The third kappa shape index (κ3) is 2.98. The fourth-order valence-corrected chi connectivity index (χ4v) is 2.42. The number of hydrogen-bond donors (Lipinski definition) is 2. The molecule has 0 aliphatic carbocycles. The molecule has 0 amide bonds. The maximum absolute atomic E-state index is 5.70. The zero-order valence-electron chi connectivity index (χ0n) is 8.50. The lowest BCUT2D eigenvalue weighted by Crippen LogP contribution is -2.30. The van der Waals surface area contributed by atoms with Crippen molar-refractivity contribution in [2.24, 2.45) is 0 Å². The van der Waals surface area contributed by atoms with Crippen molar-refractivity contribution >= 4 is 34.0 Å². The van der Waals surface area contributed by atoms with Crippen molar-refractivity contribution in [2.75, 3.05) is 24.3 Å². The fourth-order valence-electron chi connectivity index (χ4n) is 1.72. The number of rotatable bonds is 2. The molecule has 1 fully saturated rings. The van der Waals surface area contributed by atoms with Crippen molar-refractivity contribution in [3.63, 3.8) is 0 Å². The summed E-state index contributed by atoms with van der Waals surface area (Å²) >= 11 is 2.30. The van der Waals surface area contributed by atoms with Gasteiger partial charge >= 0.3 is 0 Å². The van der Waals surface area contributed by atoms with Crippen LogP contribution in [0.1, 0.15) is 12.8 Å². The van der Waals surface area contributed by atoms with Gasteiger partial charge in [0.1, 0.15) is 0 Å². The van der Waals surface area contributed by atoms with Crippen molar-refractivity contribution in [3.8, 4) is 0 Å². The van der Waals surface area contributed by atoms with Crippen LogP contribution in [0.5, 0.6) is 0 Å². The maximum Gasteiger partial charge on any atom is 0.0667 e. The van der Waals surface area contributed by atoms with E-state index >= 15 is 0 Å². The Balaban J connectivity index is 2.03. The SMILES string of the molecule is Nc1ccc(NC2CCCOC2)c(I)c1. The molecule has 3 nitrogen and oxygen atoms in total. The Kier molecular flexibility index (Phi) is 3.69. The lowest BCUT2D eigenvalue weighted by molar-refractivity contribution is 0.0876. The van der Waals surface area contributed by atoms with Crippen molar-refractivity contribution in [1.82, 2.24) is 0 Å². The Labute approximate surface area is 104 Å². The second-order valence-corrected chi connectivity index (χ2v) is 4.96. The summed E-state index contributed by atoms with van der Waals surface area (Å²) in [6.45, 7) is 1.71. The molecule has 1 atom stereocenters. The molecule has 0 spiro atoms. The first-order valence-electron chi connectivity index (χ1n) is 5.15. The van der Waals surface area contributed by atoms with Gasteiger partial charge in [-0.05, 0) is 53.6 Å². The van der Waals surface area contributed by atoms with Gasteiger partial charge in [0.15, 0.2) is 0 Å². The van der Waals surface area contributed by atoms with E-state index in [1.165, 1.54) is 6.42 Å². The van der Waals surface area contributed by atoms with Crippen LogP contribution in [-0.4, -0.2) is 19.3 Å². The first-order chi connectivity index (χ1) is 7.25. The summed E-state index contributed by atoms with van der Waals surface area (Å²) < 4.78 is 6.59. The van der Waals surface area contributed by atoms with Crippen LogP contribution in [0, 0.1) is 3.57 Å². The highest BCUT2D eigenvalue weighted by molar-refractivity contribution is 14.1. The number of benzene rings is 1. The molecule has 1 aromatic carbocycles. The van der Waals surface area contributed by atoms with E-state index in [9.17, 15) is 0 Å². The van der Waals surface area contributed by atoms with Crippen molar-refractivity contribution in [3.05, 3.63) is 21.8 Å². The van der Waals surface area contributed by atoms with E-state index < -0.39 is 0 Å². The second kappa shape index (κ2) is 5.03. The van der Waals surface area contributed by atoms with Gasteiger partial charge in [-0.15, -0.1) is 0 Å². The molecule has 3 N–H and O–H groups in total. The number of halogens is 1. The van der Waals surface area contributed by atoms with Gasteiger partial charge < -0.3 is 15.8 Å². The zero-order valence-corrected chi connectivity index (χ0v) is 10.7. The largest absolute Gasteiger partial charge is 0.399 e. The van der Waals surface area contributed by atoms with Crippen LogP contribution in [0.4, 0.5) is 11.4 Å². The van der Waals surface area contributed by atoms with Crippen LogP contribution in [-0.2, 0) is 4.74 Å². The summed E-state index contributed by atoms with van der Waals surface area (Å²) in [7, 11) is 0. The predicted octanol–water partition coefficient (Wildman–Crippen LogP) is 2.46. The fraction of sp³-hybridized carbons (Fsp3) is 0.455. The Morgan fingerprint density at radius 3 is 3.00 bits per heavy atom. The average molecular weight is 318 g/mol. The van der Waals surface area contributed by atoms with Gasteiger partial charge in [0.25, 0.3) is 0 Å². The molecule has 1 unspecified atom stereocenters. The van der Waals surface area contributed by atoms with E-state index in [1.807, 2.05) is 18.2 Å². The first kappa shape index (κ1) is 11.0. The molecule has 0 radical (unpaired) electrons. The summed E-state index contributed by atoms with van der Waals surface area (Å²) in [4.78, 5) is 0. The second-order valence-electron chi connectivity index (χ2n) is 3.80. The van der Waals surface area contributed by atoms with Gasteiger partial charge in [0, 0.05) is 27.6 Å². The lowest BCUT2D eigenvalue weighted by atomic mass is 10.1. The van der Waals surface area contributed by atoms with E-state index in [2.05, 4.69) is 27.9 Å². The highest BCUT2D eigenvalue weighted by atomic mass is 127. The number of ether oxygens (including phenoxy) is 1. The van der Waals surface area contributed by atoms with E-state index in [0.717, 1.165) is 34.6 Å². The highest BCUT2D eigenvalue weighted by Crippen LogP contribution is 2.23. The molecule has 0 saturated carbocycles. The molecule has 1 heterocycles. The highest BCUT2D eigenvalue weighted by Gasteiger charge is 2.14. The number of hydrogen-bond acceptors (Lipinski definition) is 3. The first-order valence-corrected chi connectivity index (χ1v) is 6.23. The molecule has 1 aliphatic heterocycles. The number of anilines is 2. The minimum absolute atomic E-state index is 0.441. The molecule has 82 valence electrons. The average Bonchev–Trinajstić information content (AvgIpc) is 2.24. The van der Waals surface area contributed by atoms with Crippen LogP contribution in [0.15, 0.2) is 18.2 Å². The van der Waals surface area contributed by atoms with Crippen molar-refractivity contribution in [2.45, 2.75) is 18.9 Å². The number of nitrogens with one attached hydrogen (secondary N) is 1. The molecule has 2 rings (SSSR count). The minimum Gasteiger partial charge on any atom is -0.399 e. The van der Waals surface area contributed by atoms with Crippen molar-refractivity contribution in [1.29, 1.82) is 0 Å². The summed E-state index contributed by atoms with van der Waals surface area (Å²) in [5.41, 5.74) is 7.67. The quantitative estimate of drug-likeness (QED) is 0.650. The molecule has 15 heavy (non-hydrogen) atoms. The van der Waals surface area contributed by atoms with Gasteiger partial charge in [-0.3, -0.25) is 0 Å². The molecule has 0 bridgehead atoms. The summed E-state index contributed by atoms with van der Waals surface area (Å²) in [5, 5.41) is 3.49. The minimum atomic E-state index is 0.441. The lowest BCUT2D eigenvalue weighted by Gasteiger charge is -2.24. The molecule has 4 heteroatoms. The Morgan fingerprint density at radius 1 is 1.47 bits per heavy atom. The molecule has 0 aromatic heterocycles. The topological polar surface area (TPSA) is 47.3 Å². The van der Waals surface area contributed by atoms with E-state index in [-0.39, 0.29) is 0 Å². The molecule has 1 aromatic rings. The van der Waals surface area contributed by atoms with Crippen LogP contribution in [0.3, 0.4) is 0 Å². The van der Waals surface area contributed by atoms with Gasteiger partial charge in [-0.1, -0.05) is 0 Å². The van der Waals surface area contributed by atoms with Crippen LogP contribution >= 0.6 is 22.6 Å². The number of nitrogens with two attached hydrogens (primary N) is 1. The molecular formula is C11H15IN2O. The Bertz CT molecular complexity index is 337. The van der Waals surface area contributed by atoms with E-state index in [0.29, 0.717) is 6.04 Å². The van der Waals surface area contributed by atoms with Crippen LogP contribution in [0.25, 0.3) is 0 Å². The van der Waals surface area contributed by atoms with Crippen molar-refractivity contribution < 1.29 is 4.74 Å². The Hall–Kier alpha value is -0.490. The van der Waals surface area contributed by atoms with Crippen LogP contribution in [0.2, 0.25) is 0 Å². The Morgan fingerprint density at radius 2 is 2.33 bits per heavy atom. The standard InChI is InChI=1S/C11H15IN2O/c12-10-6-8(13)3-4-11(10)14-9-2-1-5-15-7-9/h3-4,6,9,14H,1-2,5,7,13H2. The monoisotopic (exact) mass is 318 g/mol. The third-order valence-electron chi connectivity index (χ3n) is 2.51. The molecule has 1 aliphatic rings. The van der Waals surface area contributed by atoms with E-state index in [1.54, 1.807) is 0 Å². The molecular weight excluding hydrogens is 303 g/mol. The maximum atomic E-state index is 5.70. The van der Waals surface area contributed by atoms with Gasteiger partial charge in [-0.2, -0.15) is 0 Å². The summed E-state index contributed by atoms with van der Waals surface area (Å²) in [5.74, 6) is 0. The number of nitrogen functional groups attached to an aromatic ring is 1. The predicted molar refractivity (Wildman–Crippen MR) is 71.0 cm³/mol. The van der Waals surface area contributed by atoms with E-state index in [4.69, 9.17) is 10.5 Å². The zero-order chi connectivity index (χ0) is 10.7. The van der Waals surface area contributed by atoms with Gasteiger partial charge in [0.05, 0.1) is 6.61 Å². The summed E-state index contributed by atoms with van der Waals surface area (Å²) in [6, 6.07) is 6.38. The molecule has 1 saturated heterocycles. The van der Waals surface area contributed by atoms with Gasteiger partial charge in [-0.25, -0.2) is 0 Å². The third-order valence-corrected chi connectivity index (χ3v) is 3.41. The van der Waals surface area contributed by atoms with Gasteiger partial charge in [0.2, 0.25) is 0 Å².